The third kappa shape index (κ3) is 4.11. The standard InChI is InChI=1S/C10H15Cl4N4P3/c1-3-18(4-2)19(10-8-6-5-7-9-10)15-20(11,12)17-21(13,14)16-19/h5-9H,3-4H2,1-2H3. The Hall–Kier alpha value is 1.03. The molecule has 118 valence electrons. The lowest BCUT2D eigenvalue weighted by Crippen LogP contribution is -2.25. The summed E-state index contributed by atoms with van der Waals surface area (Å²) in [5.41, 5.74) is 0. The Balaban J connectivity index is 2.85. The van der Waals surface area contributed by atoms with E-state index >= 15 is 0 Å². The minimum atomic E-state index is -2.93. The number of hydrogen-bond donors (Lipinski definition) is 0. The zero-order valence-electron chi connectivity index (χ0n) is 11.4. The van der Waals surface area contributed by atoms with E-state index in [0.717, 1.165) is 18.4 Å². The minimum Gasteiger partial charge on any atom is -0.249 e. The summed E-state index contributed by atoms with van der Waals surface area (Å²) in [7, 11) is -2.54. The van der Waals surface area contributed by atoms with Gasteiger partial charge in [0.1, 0.15) is 0 Å². The molecule has 0 N–H and O–H groups in total. The molecule has 1 aliphatic heterocycles. The molecular weight excluding hydrogens is 411 g/mol. The summed E-state index contributed by atoms with van der Waals surface area (Å²) >= 11 is 25.2. The second kappa shape index (κ2) is 6.88. The molecule has 1 unspecified atom stereocenters. The van der Waals surface area contributed by atoms with Crippen LogP contribution in [0.1, 0.15) is 13.8 Å². The van der Waals surface area contributed by atoms with Crippen molar-refractivity contribution in [2.75, 3.05) is 13.1 Å². The third-order valence-electron chi connectivity index (χ3n) is 2.91. The summed E-state index contributed by atoms with van der Waals surface area (Å²) in [6.45, 7) is 5.56. The Morgan fingerprint density at radius 1 is 0.857 bits per heavy atom. The van der Waals surface area contributed by atoms with E-state index < -0.39 is 19.2 Å². The van der Waals surface area contributed by atoms with Gasteiger partial charge in [0, 0.05) is 18.4 Å². The number of benzene rings is 1. The number of rotatable bonds is 4. The molecule has 1 atom stereocenters. The second-order valence-electron chi connectivity index (χ2n) is 4.22. The lowest BCUT2D eigenvalue weighted by atomic mass is 10.4. The average Bonchev–Trinajstić information content (AvgIpc) is 2.37. The van der Waals surface area contributed by atoms with Crippen LogP contribution in [0.2, 0.25) is 0 Å². The van der Waals surface area contributed by atoms with Crippen molar-refractivity contribution in [2.45, 2.75) is 13.8 Å². The van der Waals surface area contributed by atoms with Crippen molar-refractivity contribution in [1.82, 2.24) is 4.67 Å². The highest BCUT2D eigenvalue weighted by Crippen LogP contribution is 2.85. The first-order valence-corrected chi connectivity index (χ1v) is 14.9. The smallest absolute Gasteiger partial charge is 0.249 e. The largest absolute Gasteiger partial charge is 0.257 e. The van der Waals surface area contributed by atoms with Gasteiger partial charge in [-0.15, -0.1) is 0 Å². The molecule has 1 aromatic carbocycles. The summed E-state index contributed by atoms with van der Waals surface area (Å²) in [5.74, 6) is -5.86. The van der Waals surface area contributed by atoms with Crippen LogP contribution in [-0.4, -0.2) is 17.8 Å². The zero-order valence-corrected chi connectivity index (χ0v) is 17.2. The van der Waals surface area contributed by atoms with Crippen molar-refractivity contribution in [2.24, 2.45) is 13.5 Å². The van der Waals surface area contributed by atoms with Gasteiger partial charge in [-0.25, -0.2) is 4.67 Å². The molecule has 0 fully saturated rings. The van der Waals surface area contributed by atoms with Gasteiger partial charge in [-0.05, 0) is 45.0 Å². The van der Waals surface area contributed by atoms with E-state index in [4.69, 9.17) is 45.0 Å². The first-order chi connectivity index (χ1) is 9.75. The van der Waals surface area contributed by atoms with Crippen molar-refractivity contribution in [1.29, 1.82) is 0 Å². The molecule has 0 aliphatic carbocycles. The van der Waals surface area contributed by atoms with Crippen LogP contribution in [0.4, 0.5) is 0 Å². The van der Waals surface area contributed by atoms with E-state index in [0.29, 0.717) is 0 Å². The fourth-order valence-electron chi connectivity index (χ4n) is 2.11. The topological polar surface area (TPSA) is 40.3 Å². The van der Waals surface area contributed by atoms with Crippen LogP contribution in [-0.2, 0) is 0 Å². The molecule has 0 bridgehead atoms. The Labute approximate surface area is 144 Å². The van der Waals surface area contributed by atoms with Crippen LogP contribution < -0.4 is 5.30 Å². The minimum absolute atomic E-state index is 0.744. The first-order valence-electron chi connectivity index (χ1n) is 6.26. The molecular formula is C10H15Cl4N4P3. The van der Waals surface area contributed by atoms with Gasteiger partial charge in [0.05, 0.1) is 0 Å². The maximum atomic E-state index is 6.29. The first kappa shape index (κ1) is 18.4. The lowest BCUT2D eigenvalue weighted by molar-refractivity contribution is 0.505. The van der Waals surface area contributed by atoms with Crippen molar-refractivity contribution in [3.63, 3.8) is 0 Å². The van der Waals surface area contributed by atoms with Gasteiger partial charge < -0.3 is 0 Å². The maximum absolute atomic E-state index is 6.29. The van der Waals surface area contributed by atoms with Gasteiger partial charge in [-0.2, -0.15) is 13.5 Å². The van der Waals surface area contributed by atoms with Crippen molar-refractivity contribution in [3.8, 4) is 0 Å². The van der Waals surface area contributed by atoms with Gasteiger partial charge in [0.2, 0.25) is 0 Å². The summed E-state index contributed by atoms with van der Waals surface area (Å²) in [6, 6.07) is 9.73. The molecule has 0 amide bonds. The van der Waals surface area contributed by atoms with Gasteiger partial charge in [-0.1, -0.05) is 44.2 Å². The zero-order chi connectivity index (χ0) is 15.7. The van der Waals surface area contributed by atoms with Crippen LogP contribution in [0.3, 0.4) is 0 Å². The molecule has 1 heterocycles. The summed E-state index contributed by atoms with van der Waals surface area (Å²) in [6.07, 6.45) is 0. The quantitative estimate of drug-likeness (QED) is 0.459. The molecule has 4 nitrogen and oxygen atoms in total. The molecule has 2 rings (SSSR count). The predicted molar refractivity (Wildman–Crippen MR) is 100 cm³/mol. The number of halogens is 4. The highest BCUT2D eigenvalue weighted by atomic mass is 35.9. The highest BCUT2D eigenvalue weighted by Gasteiger charge is 2.37. The molecule has 11 heteroatoms. The van der Waals surface area contributed by atoms with Crippen molar-refractivity contribution in [3.05, 3.63) is 30.3 Å². The Morgan fingerprint density at radius 3 is 1.86 bits per heavy atom. The molecule has 0 saturated heterocycles. The van der Waals surface area contributed by atoms with Crippen LogP contribution in [0, 0.1) is 0 Å². The van der Waals surface area contributed by atoms with Crippen LogP contribution in [0.15, 0.2) is 43.9 Å². The molecule has 21 heavy (non-hydrogen) atoms. The normalized spacial score (nSPS) is 26.6. The number of hydrogen-bond acceptors (Lipinski definition) is 4. The fraction of sp³-hybridized carbons (Fsp3) is 0.400. The van der Waals surface area contributed by atoms with Crippen molar-refractivity contribution < 1.29 is 0 Å². The number of nitrogens with zero attached hydrogens (tertiary/aromatic N) is 4. The van der Waals surface area contributed by atoms with Crippen LogP contribution in [0.5, 0.6) is 0 Å². The van der Waals surface area contributed by atoms with E-state index in [-0.39, 0.29) is 0 Å². The van der Waals surface area contributed by atoms with E-state index in [1.807, 2.05) is 44.2 Å². The van der Waals surface area contributed by atoms with Crippen LogP contribution in [0.25, 0.3) is 0 Å². The van der Waals surface area contributed by atoms with Gasteiger partial charge >= 0.3 is 0 Å². The average molecular weight is 426 g/mol. The predicted octanol–water partition coefficient (Wildman–Crippen LogP) is 7.55. The van der Waals surface area contributed by atoms with Crippen molar-refractivity contribution >= 4 is 69.4 Å². The Kier molecular flexibility index (Phi) is 6.01. The Bertz CT molecular complexity index is 667. The fourth-order valence-corrected chi connectivity index (χ4v) is 18.5. The van der Waals surface area contributed by atoms with Crippen LogP contribution >= 0.6 is 64.1 Å². The molecule has 0 aromatic heterocycles. The lowest BCUT2D eigenvalue weighted by Gasteiger charge is -2.35. The van der Waals surface area contributed by atoms with Gasteiger partial charge in [-0.3, -0.25) is 0 Å². The third-order valence-corrected chi connectivity index (χ3v) is 15.6. The Morgan fingerprint density at radius 2 is 1.38 bits per heavy atom. The molecule has 0 spiro atoms. The summed E-state index contributed by atoms with van der Waals surface area (Å²) < 4.78 is 15.5. The summed E-state index contributed by atoms with van der Waals surface area (Å²) in [4.78, 5) is 0. The molecule has 1 aromatic rings. The summed E-state index contributed by atoms with van der Waals surface area (Å²) in [5, 5.41) is 0.944. The van der Waals surface area contributed by atoms with Gasteiger partial charge in [0.25, 0.3) is 11.8 Å². The van der Waals surface area contributed by atoms with Gasteiger partial charge in [0.15, 0.2) is 7.36 Å². The van der Waals surface area contributed by atoms with E-state index in [1.165, 1.54) is 0 Å². The SMILES string of the molecule is CCN(CC)P1(c2ccccc2)=NP(Cl)(Cl)=NP(Cl)(Cl)=N1. The van der Waals surface area contributed by atoms with E-state index in [1.54, 1.807) is 0 Å². The molecule has 0 saturated carbocycles. The second-order valence-corrected chi connectivity index (χ2v) is 17.1. The molecule has 1 aliphatic rings. The maximum Gasteiger partial charge on any atom is 0.257 e. The highest BCUT2D eigenvalue weighted by molar-refractivity contribution is 8.21. The molecule has 0 radical (unpaired) electrons. The van der Waals surface area contributed by atoms with E-state index in [9.17, 15) is 0 Å². The van der Waals surface area contributed by atoms with E-state index in [2.05, 4.69) is 18.2 Å². The monoisotopic (exact) mass is 424 g/mol.